The van der Waals surface area contributed by atoms with Crippen LogP contribution < -0.4 is 0 Å². The van der Waals surface area contributed by atoms with Crippen LogP contribution in [0.1, 0.15) is 0 Å². The van der Waals surface area contributed by atoms with Crippen LogP contribution in [0.25, 0.3) is 0 Å². The minimum Gasteiger partial charge on any atom is -0.388 e. The van der Waals surface area contributed by atoms with Gasteiger partial charge in [0.1, 0.15) is 24.9 Å². The van der Waals surface area contributed by atoms with Crippen molar-refractivity contribution in [2.45, 2.75) is 18.3 Å². The van der Waals surface area contributed by atoms with Crippen LogP contribution >= 0.6 is 7.82 Å². The summed E-state index contributed by atoms with van der Waals surface area (Å²) < 4.78 is 14.1. The zero-order chi connectivity index (χ0) is 12.9. The molecule has 10 heteroatoms. The summed E-state index contributed by atoms with van der Waals surface area (Å²) in [5, 5.41) is 35.6. The molecule has 0 amide bonds. The van der Waals surface area contributed by atoms with E-state index in [-0.39, 0.29) is 0 Å². The Hall–Kier alpha value is -0.380. The third-order valence-corrected chi connectivity index (χ3v) is 2.10. The second-order valence-corrected chi connectivity index (χ2v) is 4.15. The average molecular weight is 260 g/mol. The van der Waals surface area contributed by atoms with Crippen molar-refractivity contribution in [1.29, 1.82) is 0 Å². The van der Waals surface area contributed by atoms with Crippen LogP contribution in [0.4, 0.5) is 0 Å². The molecule has 9 nitrogen and oxygen atoms in total. The smallest absolute Gasteiger partial charge is 0.388 e. The van der Waals surface area contributed by atoms with Crippen molar-refractivity contribution in [2.75, 3.05) is 13.2 Å². The van der Waals surface area contributed by atoms with Crippen LogP contribution in [0.15, 0.2) is 0 Å². The fraction of sp³-hybridized carbons (Fsp3) is 0.833. The molecular formula is C6H13O9P. The van der Waals surface area contributed by atoms with Crippen molar-refractivity contribution >= 4 is 13.6 Å². The van der Waals surface area contributed by atoms with Crippen LogP contribution in [0.2, 0.25) is 0 Å². The van der Waals surface area contributed by atoms with Crippen molar-refractivity contribution in [1.82, 2.24) is 0 Å². The van der Waals surface area contributed by atoms with Gasteiger partial charge in [0.25, 0.3) is 0 Å². The van der Waals surface area contributed by atoms with Crippen molar-refractivity contribution in [3.05, 3.63) is 0 Å². The third-order valence-electron chi connectivity index (χ3n) is 1.62. The van der Waals surface area contributed by atoms with Gasteiger partial charge in [0.2, 0.25) is 0 Å². The fourth-order valence-electron chi connectivity index (χ4n) is 0.766. The molecule has 0 spiro atoms. The lowest BCUT2D eigenvalue weighted by Gasteiger charge is -2.21. The normalized spacial score (nSPS) is 17.9. The predicted molar refractivity (Wildman–Crippen MR) is 48.1 cm³/mol. The Balaban J connectivity index is 4.23. The Labute approximate surface area is 90.2 Å². The first-order chi connectivity index (χ1) is 7.19. The lowest BCUT2D eigenvalue weighted by Crippen LogP contribution is -2.45. The topological polar surface area (TPSA) is 165 Å². The van der Waals surface area contributed by atoms with Gasteiger partial charge in [0.05, 0.1) is 6.61 Å². The van der Waals surface area contributed by atoms with E-state index >= 15 is 0 Å². The summed E-state index contributed by atoms with van der Waals surface area (Å²) in [5.41, 5.74) is 0. The van der Waals surface area contributed by atoms with E-state index in [1.807, 2.05) is 0 Å². The van der Waals surface area contributed by atoms with Crippen molar-refractivity contribution in [3.63, 3.8) is 0 Å². The lowest BCUT2D eigenvalue weighted by atomic mass is 10.1. The Morgan fingerprint density at radius 2 is 1.75 bits per heavy atom. The maximum atomic E-state index is 10.7. The van der Waals surface area contributed by atoms with E-state index in [0.717, 1.165) is 0 Å². The molecule has 0 aromatic carbocycles. The molecule has 0 heterocycles. The molecule has 3 atom stereocenters. The number of aliphatic hydroxyl groups excluding tert-OH is 4. The van der Waals surface area contributed by atoms with E-state index in [1.165, 1.54) is 0 Å². The molecule has 6 N–H and O–H groups in total. The molecule has 0 rings (SSSR count). The first-order valence-corrected chi connectivity index (χ1v) is 5.60. The number of hydrogen-bond acceptors (Lipinski definition) is 7. The number of phosphoric ester groups is 1. The van der Waals surface area contributed by atoms with Gasteiger partial charge >= 0.3 is 7.82 Å². The molecule has 0 aromatic heterocycles. The zero-order valence-corrected chi connectivity index (χ0v) is 8.90. The molecule has 96 valence electrons. The molecule has 0 saturated heterocycles. The second kappa shape index (κ2) is 6.38. The minimum absolute atomic E-state index is 0.971. The van der Waals surface area contributed by atoms with E-state index in [1.54, 1.807) is 0 Å². The third kappa shape index (κ3) is 5.64. The van der Waals surface area contributed by atoms with Crippen molar-refractivity contribution in [3.8, 4) is 0 Å². The van der Waals surface area contributed by atoms with Gasteiger partial charge in [-0.05, 0) is 0 Å². The molecular weight excluding hydrogens is 247 g/mol. The van der Waals surface area contributed by atoms with Crippen LogP contribution in [0.5, 0.6) is 0 Å². The molecule has 0 aromatic rings. The Kier molecular flexibility index (Phi) is 6.23. The van der Waals surface area contributed by atoms with Gasteiger partial charge in [-0.25, -0.2) is 4.57 Å². The summed E-state index contributed by atoms with van der Waals surface area (Å²) >= 11 is 0. The molecule has 0 aliphatic carbocycles. The molecule has 0 unspecified atom stereocenters. The van der Waals surface area contributed by atoms with Crippen molar-refractivity contribution in [2.24, 2.45) is 0 Å². The Morgan fingerprint density at radius 1 is 1.25 bits per heavy atom. The fourth-order valence-corrected chi connectivity index (χ4v) is 1.11. The number of phosphoric acid groups is 1. The van der Waals surface area contributed by atoms with E-state index in [9.17, 15) is 9.36 Å². The monoisotopic (exact) mass is 260 g/mol. The largest absolute Gasteiger partial charge is 0.469 e. The Bertz CT molecular complexity index is 273. The number of carbonyl (C=O) groups excluding carboxylic acids is 1. The molecule has 16 heavy (non-hydrogen) atoms. The van der Waals surface area contributed by atoms with Gasteiger partial charge in [-0.3, -0.25) is 9.32 Å². The summed E-state index contributed by atoms with van der Waals surface area (Å²) in [6.45, 7) is -2.01. The SMILES string of the molecule is O=C(CO)[C@H](O)[C@H](O)[C@H](O)COP(=O)(O)O. The first-order valence-electron chi connectivity index (χ1n) is 4.07. The standard InChI is InChI=1S/C6H13O9P/c7-1-3(8)5(10)6(11)4(9)2-15-16(12,13)14/h4-7,9-11H,1-2H2,(H2,12,13,14)/t4-,5+,6-/m1/s1. The van der Waals surface area contributed by atoms with E-state index in [2.05, 4.69) is 4.52 Å². The molecule has 0 aliphatic rings. The number of ketones is 1. The number of Topliss-reactive ketones (excluding diaryl/α,β-unsaturated/α-hetero) is 1. The summed E-state index contributed by atoms with van der Waals surface area (Å²) in [4.78, 5) is 27.2. The molecule has 0 fully saturated rings. The highest BCUT2D eigenvalue weighted by molar-refractivity contribution is 7.46. The first kappa shape index (κ1) is 15.6. The number of carbonyl (C=O) groups is 1. The molecule has 0 bridgehead atoms. The van der Waals surface area contributed by atoms with Crippen molar-refractivity contribution < 1.29 is 44.1 Å². The highest BCUT2D eigenvalue weighted by Crippen LogP contribution is 2.35. The quantitative estimate of drug-likeness (QED) is 0.258. The van der Waals surface area contributed by atoms with Crippen LogP contribution in [-0.4, -0.2) is 67.5 Å². The number of aliphatic hydroxyl groups is 4. The van der Waals surface area contributed by atoms with E-state index in [4.69, 9.17) is 30.2 Å². The van der Waals surface area contributed by atoms with Gasteiger partial charge < -0.3 is 30.2 Å². The maximum absolute atomic E-state index is 10.7. The number of rotatable bonds is 7. The summed E-state index contributed by atoms with van der Waals surface area (Å²) in [6.07, 6.45) is -5.94. The average Bonchev–Trinajstić information content (AvgIpc) is 2.21. The van der Waals surface area contributed by atoms with E-state index in [0.29, 0.717) is 0 Å². The second-order valence-electron chi connectivity index (χ2n) is 2.91. The zero-order valence-electron chi connectivity index (χ0n) is 8.00. The number of hydrogen-bond donors (Lipinski definition) is 6. The van der Waals surface area contributed by atoms with Gasteiger partial charge in [0.15, 0.2) is 5.78 Å². The summed E-state index contributed by atoms with van der Waals surface area (Å²) in [7, 11) is -4.81. The summed E-state index contributed by atoms with van der Waals surface area (Å²) in [6, 6.07) is 0. The van der Waals surface area contributed by atoms with Crippen LogP contribution in [0, 0.1) is 0 Å². The molecule has 0 radical (unpaired) electrons. The summed E-state index contributed by atoms with van der Waals surface area (Å²) in [5.74, 6) is -1.14. The molecule has 0 saturated carbocycles. The van der Waals surface area contributed by atoms with Gasteiger partial charge in [-0.2, -0.15) is 0 Å². The highest BCUT2D eigenvalue weighted by atomic mass is 31.2. The predicted octanol–water partition coefficient (Wildman–Crippen LogP) is -3.26. The minimum atomic E-state index is -4.81. The van der Waals surface area contributed by atoms with Crippen LogP contribution in [-0.2, 0) is 13.9 Å². The lowest BCUT2D eigenvalue weighted by molar-refractivity contribution is -0.142. The Morgan fingerprint density at radius 3 is 2.12 bits per heavy atom. The molecule has 0 aliphatic heterocycles. The van der Waals surface area contributed by atoms with E-state index < -0.39 is 45.1 Å². The van der Waals surface area contributed by atoms with Gasteiger partial charge in [0, 0.05) is 0 Å². The highest BCUT2D eigenvalue weighted by Gasteiger charge is 2.31. The maximum Gasteiger partial charge on any atom is 0.469 e. The van der Waals surface area contributed by atoms with Crippen LogP contribution in [0.3, 0.4) is 0 Å². The van der Waals surface area contributed by atoms with Gasteiger partial charge in [-0.1, -0.05) is 0 Å². The van der Waals surface area contributed by atoms with Gasteiger partial charge in [-0.15, -0.1) is 0 Å².